The Labute approximate surface area is 225 Å². The molecule has 0 spiro atoms. The normalized spacial score (nSPS) is 16.2. The zero-order valence-corrected chi connectivity index (χ0v) is 23.9. The third-order valence-electron chi connectivity index (χ3n) is 6.87. The number of sulfone groups is 1. The Morgan fingerprint density at radius 2 is 1.53 bits per heavy atom. The zero-order valence-electron chi connectivity index (χ0n) is 22.3. The molecule has 0 saturated heterocycles. The number of fused-ring (bicyclic) bond motifs is 1. The van der Waals surface area contributed by atoms with Crippen molar-refractivity contribution in [3.8, 4) is 0 Å². The van der Waals surface area contributed by atoms with E-state index in [0.29, 0.717) is 27.8 Å². The fourth-order valence-corrected chi connectivity index (χ4v) is 8.63. The summed E-state index contributed by atoms with van der Waals surface area (Å²) < 4.78 is 61.3. The molecule has 1 aliphatic heterocycles. The number of carbonyl (C=O) groups is 1. The predicted molar refractivity (Wildman–Crippen MR) is 147 cm³/mol. The van der Waals surface area contributed by atoms with Crippen molar-refractivity contribution in [3.05, 3.63) is 93.5 Å². The van der Waals surface area contributed by atoms with Crippen molar-refractivity contribution in [1.82, 2.24) is 4.31 Å². The molecule has 0 N–H and O–H groups in total. The van der Waals surface area contributed by atoms with Crippen LogP contribution in [0.5, 0.6) is 0 Å². The number of sulfonamides is 1. The van der Waals surface area contributed by atoms with Gasteiger partial charge in [-0.2, -0.15) is 4.31 Å². The molecule has 0 aliphatic carbocycles. The second-order valence-corrected chi connectivity index (χ2v) is 13.9. The van der Waals surface area contributed by atoms with E-state index in [9.17, 15) is 21.6 Å². The van der Waals surface area contributed by atoms with Crippen LogP contribution in [0.1, 0.15) is 56.6 Å². The van der Waals surface area contributed by atoms with Crippen LogP contribution in [0.2, 0.25) is 0 Å². The Morgan fingerprint density at radius 3 is 2.13 bits per heavy atom. The SMILES string of the molecule is CCOC(=O)c1ccc2c(c1)C(CS(=O)(=O)c1ccc(C)cc1)CN(S(=O)(=O)c1c(C)cc(C)cc1C)C2. The van der Waals surface area contributed by atoms with E-state index in [0.717, 1.165) is 11.1 Å². The van der Waals surface area contributed by atoms with Gasteiger partial charge in [0.25, 0.3) is 0 Å². The molecule has 202 valence electrons. The lowest BCUT2D eigenvalue weighted by Crippen LogP contribution is -2.40. The average molecular weight is 556 g/mol. The summed E-state index contributed by atoms with van der Waals surface area (Å²) in [4.78, 5) is 12.9. The molecule has 3 aromatic carbocycles. The predicted octanol–water partition coefficient (Wildman–Crippen LogP) is 4.86. The summed E-state index contributed by atoms with van der Waals surface area (Å²) in [5, 5.41) is 0. The molecule has 3 aromatic rings. The second kappa shape index (κ2) is 10.6. The van der Waals surface area contributed by atoms with Gasteiger partial charge in [0.05, 0.1) is 27.7 Å². The highest BCUT2D eigenvalue weighted by Crippen LogP contribution is 2.36. The number of nitrogens with zero attached hydrogens (tertiary/aromatic N) is 1. The molecule has 0 radical (unpaired) electrons. The molecule has 1 atom stereocenters. The molecule has 0 fully saturated rings. The van der Waals surface area contributed by atoms with Crippen LogP contribution in [0.15, 0.2) is 64.4 Å². The van der Waals surface area contributed by atoms with Crippen molar-refractivity contribution in [2.45, 2.75) is 56.9 Å². The Bertz CT molecular complexity index is 1570. The number of benzene rings is 3. The Hall–Kier alpha value is -3.01. The highest BCUT2D eigenvalue weighted by Gasteiger charge is 2.37. The van der Waals surface area contributed by atoms with Gasteiger partial charge in [0.1, 0.15) is 0 Å². The van der Waals surface area contributed by atoms with Crippen molar-refractivity contribution in [3.63, 3.8) is 0 Å². The van der Waals surface area contributed by atoms with E-state index in [1.165, 1.54) is 4.31 Å². The van der Waals surface area contributed by atoms with Gasteiger partial charge in [-0.15, -0.1) is 0 Å². The van der Waals surface area contributed by atoms with Crippen molar-refractivity contribution < 1.29 is 26.4 Å². The minimum atomic E-state index is -3.93. The molecular formula is C29H33NO6S2. The number of aryl methyl sites for hydroxylation is 4. The van der Waals surface area contributed by atoms with E-state index in [2.05, 4.69) is 0 Å². The van der Waals surface area contributed by atoms with Gasteiger partial charge in [-0.1, -0.05) is 41.5 Å². The number of hydrogen-bond donors (Lipinski definition) is 0. The zero-order chi connectivity index (χ0) is 27.8. The first-order valence-electron chi connectivity index (χ1n) is 12.5. The molecule has 0 saturated carbocycles. The number of carbonyl (C=O) groups excluding carboxylic acids is 1. The smallest absolute Gasteiger partial charge is 0.338 e. The standard InChI is InChI=1S/C29H33NO6S2/c1-6-36-29(31)23-9-10-24-16-30(38(34,35)28-21(4)13-20(3)14-22(28)5)17-25(27(24)15-23)18-37(32,33)26-11-7-19(2)8-12-26/h7-15,25H,6,16-18H2,1-5H3. The topological polar surface area (TPSA) is 97.8 Å². The third kappa shape index (κ3) is 5.55. The van der Waals surface area contributed by atoms with Crippen LogP contribution >= 0.6 is 0 Å². The minimum Gasteiger partial charge on any atom is -0.462 e. The molecule has 7 nitrogen and oxygen atoms in total. The van der Waals surface area contributed by atoms with Gasteiger partial charge in [-0.25, -0.2) is 21.6 Å². The Balaban J connectivity index is 1.80. The van der Waals surface area contributed by atoms with Crippen LogP contribution in [0, 0.1) is 27.7 Å². The number of esters is 1. The molecule has 9 heteroatoms. The van der Waals surface area contributed by atoms with E-state index in [1.807, 2.05) is 26.0 Å². The molecule has 4 rings (SSSR count). The second-order valence-electron chi connectivity index (χ2n) is 9.95. The Morgan fingerprint density at radius 1 is 0.895 bits per heavy atom. The third-order valence-corrected chi connectivity index (χ3v) is 10.8. The highest BCUT2D eigenvalue weighted by molar-refractivity contribution is 7.91. The summed E-state index contributed by atoms with van der Waals surface area (Å²) in [6, 6.07) is 15.2. The summed E-state index contributed by atoms with van der Waals surface area (Å²) in [6.45, 7) is 9.32. The highest BCUT2D eigenvalue weighted by atomic mass is 32.2. The van der Waals surface area contributed by atoms with E-state index in [4.69, 9.17) is 4.74 Å². The van der Waals surface area contributed by atoms with Crippen LogP contribution in [0.4, 0.5) is 0 Å². The van der Waals surface area contributed by atoms with Crippen molar-refractivity contribution in [1.29, 1.82) is 0 Å². The summed E-state index contributed by atoms with van der Waals surface area (Å²) in [7, 11) is -7.69. The van der Waals surface area contributed by atoms with E-state index in [-0.39, 0.29) is 35.2 Å². The lowest BCUT2D eigenvalue weighted by molar-refractivity contribution is 0.0526. The van der Waals surface area contributed by atoms with Crippen LogP contribution in [-0.2, 0) is 31.1 Å². The quantitative estimate of drug-likeness (QED) is 0.386. The van der Waals surface area contributed by atoms with E-state index < -0.39 is 31.7 Å². The maximum atomic E-state index is 13.9. The number of ether oxygens (including phenoxy) is 1. The lowest BCUT2D eigenvalue weighted by atomic mass is 9.90. The number of rotatable bonds is 7. The first-order chi connectivity index (χ1) is 17.8. The van der Waals surface area contributed by atoms with Crippen LogP contribution in [0.3, 0.4) is 0 Å². The van der Waals surface area contributed by atoms with E-state index >= 15 is 0 Å². The Kier molecular flexibility index (Phi) is 7.84. The van der Waals surface area contributed by atoms with Gasteiger partial charge >= 0.3 is 5.97 Å². The van der Waals surface area contributed by atoms with Crippen LogP contribution < -0.4 is 0 Å². The molecule has 38 heavy (non-hydrogen) atoms. The number of hydrogen-bond acceptors (Lipinski definition) is 6. The molecule has 0 amide bonds. The van der Waals surface area contributed by atoms with Crippen molar-refractivity contribution in [2.24, 2.45) is 0 Å². The maximum absolute atomic E-state index is 13.9. The maximum Gasteiger partial charge on any atom is 0.338 e. The summed E-state index contributed by atoms with van der Waals surface area (Å²) in [5.74, 6) is -1.48. The molecule has 0 bridgehead atoms. The first-order valence-corrected chi connectivity index (χ1v) is 15.6. The average Bonchev–Trinajstić information content (AvgIpc) is 2.83. The monoisotopic (exact) mass is 555 g/mol. The minimum absolute atomic E-state index is 0.0283. The van der Waals surface area contributed by atoms with Gasteiger partial charge in [-0.3, -0.25) is 0 Å². The fourth-order valence-electron chi connectivity index (χ4n) is 5.19. The van der Waals surface area contributed by atoms with Gasteiger partial charge in [0, 0.05) is 19.0 Å². The van der Waals surface area contributed by atoms with Gasteiger partial charge < -0.3 is 4.74 Å². The van der Waals surface area contributed by atoms with Gasteiger partial charge in [0.2, 0.25) is 10.0 Å². The fraction of sp³-hybridized carbons (Fsp3) is 0.345. The summed E-state index contributed by atoms with van der Waals surface area (Å²) in [5.41, 5.74) is 4.83. The lowest BCUT2D eigenvalue weighted by Gasteiger charge is -2.34. The van der Waals surface area contributed by atoms with Gasteiger partial charge in [-0.05, 0) is 81.1 Å². The molecule has 1 unspecified atom stereocenters. The van der Waals surface area contributed by atoms with Gasteiger partial charge in [0.15, 0.2) is 9.84 Å². The molecular weight excluding hydrogens is 522 g/mol. The summed E-state index contributed by atoms with van der Waals surface area (Å²) in [6.07, 6.45) is 0. The van der Waals surface area contributed by atoms with Crippen molar-refractivity contribution in [2.75, 3.05) is 18.9 Å². The van der Waals surface area contributed by atoms with Crippen LogP contribution in [-0.4, -0.2) is 46.0 Å². The summed E-state index contributed by atoms with van der Waals surface area (Å²) >= 11 is 0. The van der Waals surface area contributed by atoms with Crippen molar-refractivity contribution >= 4 is 25.8 Å². The largest absolute Gasteiger partial charge is 0.462 e. The first kappa shape index (κ1) is 28.0. The molecule has 1 aliphatic rings. The molecule has 0 aromatic heterocycles. The van der Waals surface area contributed by atoms with E-state index in [1.54, 1.807) is 63.2 Å². The van der Waals surface area contributed by atoms with Crippen LogP contribution in [0.25, 0.3) is 0 Å². The molecule has 1 heterocycles.